The first kappa shape index (κ1) is 27.4. The van der Waals surface area contributed by atoms with E-state index in [1.165, 1.54) is 32.6 Å². The molecule has 4 rings (SSSR count). The standard InChI is InChI=1S/C26H17BCl2FN5O4/c27-38-12-9-20(22-17(28)5-6-18(30)23(22)29)39-21-13-19(34-35-25(21)31)26(37)33-16-3-1-14(2-4-16)24(36)15-7-10-32-11-8-15/h1-8,10-11,13,20H,27H2,(H2,31,35)(H,33,37)/t20-/m1/s1. The van der Waals surface area contributed by atoms with Crippen LogP contribution in [0.5, 0.6) is 5.75 Å². The molecule has 1 atom stereocenters. The van der Waals surface area contributed by atoms with Crippen LogP contribution in [-0.4, -0.2) is 34.9 Å². The number of nitrogens with one attached hydrogen (secondary N) is 1. The van der Waals surface area contributed by atoms with Crippen molar-refractivity contribution in [3.8, 4) is 17.8 Å². The highest BCUT2D eigenvalue weighted by molar-refractivity contribution is 6.36. The van der Waals surface area contributed by atoms with E-state index >= 15 is 0 Å². The number of nitrogens with two attached hydrogens (primary N) is 1. The summed E-state index contributed by atoms with van der Waals surface area (Å²) < 4.78 is 24.8. The number of hydrogen-bond donors (Lipinski definition) is 2. The van der Waals surface area contributed by atoms with Gasteiger partial charge in [0, 0.05) is 40.8 Å². The molecule has 0 saturated heterocycles. The minimum absolute atomic E-state index is 0.0338. The Bertz CT molecular complexity index is 1600. The Morgan fingerprint density at radius 2 is 1.72 bits per heavy atom. The zero-order valence-corrected chi connectivity index (χ0v) is 21.6. The predicted molar refractivity (Wildman–Crippen MR) is 146 cm³/mol. The van der Waals surface area contributed by atoms with Crippen LogP contribution in [0.15, 0.2) is 67.0 Å². The summed E-state index contributed by atoms with van der Waals surface area (Å²) in [6.07, 6.45) is 4.19. The first-order chi connectivity index (χ1) is 18.8. The van der Waals surface area contributed by atoms with Crippen LogP contribution in [0.3, 0.4) is 0 Å². The van der Waals surface area contributed by atoms with E-state index < -0.39 is 17.8 Å². The first-order valence-corrected chi connectivity index (χ1v) is 11.9. The Kier molecular flexibility index (Phi) is 8.61. The van der Waals surface area contributed by atoms with Gasteiger partial charge in [-0.2, -0.15) is 0 Å². The van der Waals surface area contributed by atoms with Crippen LogP contribution in [0, 0.1) is 17.8 Å². The molecule has 0 saturated carbocycles. The summed E-state index contributed by atoms with van der Waals surface area (Å²) in [5.41, 5.74) is 7.11. The number of nitrogen functional groups attached to an aromatic ring is 1. The van der Waals surface area contributed by atoms with Gasteiger partial charge in [-0.15, -0.1) is 10.2 Å². The third-order valence-electron chi connectivity index (χ3n) is 5.24. The van der Waals surface area contributed by atoms with Gasteiger partial charge >= 0.3 is 8.05 Å². The Labute approximate surface area is 232 Å². The van der Waals surface area contributed by atoms with Crippen molar-refractivity contribution >= 4 is 54.4 Å². The summed E-state index contributed by atoms with van der Waals surface area (Å²) in [5.74, 6) is 0.805. The van der Waals surface area contributed by atoms with Crippen LogP contribution in [0.4, 0.5) is 15.9 Å². The van der Waals surface area contributed by atoms with Crippen molar-refractivity contribution in [1.29, 1.82) is 0 Å². The van der Waals surface area contributed by atoms with Crippen LogP contribution in [0.25, 0.3) is 0 Å². The minimum Gasteiger partial charge on any atom is -0.525 e. The second-order valence-electron chi connectivity index (χ2n) is 7.78. The van der Waals surface area contributed by atoms with Crippen molar-refractivity contribution in [2.75, 3.05) is 11.1 Å². The van der Waals surface area contributed by atoms with E-state index in [1.807, 2.05) is 0 Å². The number of carbonyl (C=O) groups excluding carboxylic acids is 2. The lowest BCUT2D eigenvalue weighted by Crippen LogP contribution is -2.16. The fraction of sp³-hybridized carbons (Fsp3) is 0.0385. The van der Waals surface area contributed by atoms with Crippen LogP contribution < -0.4 is 15.8 Å². The van der Waals surface area contributed by atoms with Crippen molar-refractivity contribution < 1.29 is 23.4 Å². The molecule has 2 aromatic heterocycles. The lowest BCUT2D eigenvalue weighted by Gasteiger charge is -2.18. The van der Waals surface area contributed by atoms with E-state index in [-0.39, 0.29) is 38.7 Å². The van der Waals surface area contributed by atoms with Crippen LogP contribution in [-0.2, 0) is 4.65 Å². The van der Waals surface area contributed by atoms with E-state index in [2.05, 4.69) is 32.5 Å². The van der Waals surface area contributed by atoms with E-state index in [4.69, 9.17) is 38.3 Å². The molecule has 0 bridgehead atoms. The quantitative estimate of drug-likeness (QED) is 0.149. The Balaban J connectivity index is 1.55. The molecule has 0 unspecified atom stereocenters. The molecule has 0 aliphatic carbocycles. The van der Waals surface area contributed by atoms with Gasteiger partial charge in [0.15, 0.2) is 29.1 Å². The molecule has 2 heterocycles. The van der Waals surface area contributed by atoms with E-state index in [9.17, 15) is 14.0 Å². The summed E-state index contributed by atoms with van der Waals surface area (Å²) >= 11 is 12.4. The van der Waals surface area contributed by atoms with Gasteiger partial charge in [-0.25, -0.2) is 4.39 Å². The molecule has 2 aromatic carbocycles. The van der Waals surface area contributed by atoms with Gasteiger partial charge in [-0.3, -0.25) is 14.6 Å². The van der Waals surface area contributed by atoms with Crippen LogP contribution in [0.2, 0.25) is 10.0 Å². The number of halogens is 3. The molecule has 13 heteroatoms. The number of pyridine rings is 1. The lowest BCUT2D eigenvalue weighted by molar-refractivity contribution is 0.101. The maximum absolute atomic E-state index is 14.1. The smallest absolute Gasteiger partial charge is 0.337 e. The number of amides is 1. The van der Waals surface area contributed by atoms with Crippen molar-refractivity contribution in [1.82, 2.24) is 15.2 Å². The molecule has 3 N–H and O–H groups in total. The van der Waals surface area contributed by atoms with Crippen molar-refractivity contribution in [3.63, 3.8) is 0 Å². The molecule has 0 fully saturated rings. The predicted octanol–water partition coefficient (Wildman–Crippen LogP) is 4.03. The van der Waals surface area contributed by atoms with Crippen LogP contribution >= 0.6 is 23.2 Å². The highest BCUT2D eigenvalue weighted by Crippen LogP contribution is 2.36. The number of aromatic nitrogens is 3. The molecule has 4 aromatic rings. The number of rotatable bonds is 7. The highest BCUT2D eigenvalue weighted by atomic mass is 35.5. The average molecular weight is 564 g/mol. The summed E-state index contributed by atoms with van der Waals surface area (Å²) in [4.78, 5) is 29.3. The number of carbonyl (C=O) groups is 2. The SMILES string of the molecule is BOC#C[C@@H](Oc1cc(C(=O)Nc2ccc(C(=O)c3ccncc3)cc2)nnc1N)c1c(Cl)ccc(F)c1Cl. The summed E-state index contributed by atoms with van der Waals surface area (Å²) in [6.45, 7) is 0. The molecule has 39 heavy (non-hydrogen) atoms. The number of hydrogen-bond acceptors (Lipinski definition) is 8. The van der Waals surface area contributed by atoms with E-state index in [1.54, 1.807) is 36.4 Å². The molecule has 0 spiro atoms. The molecule has 9 nitrogen and oxygen atoms in total. The number of benzene rings is 2. The summed E-state index contributed by atoms with van der Waals surface area (Å²) in [6, 6.07) is 13.1. The maximum atomic E-state index is 14.1. The molecule has 0 aliphatic heterocycles. The van der Waals surface area contributed by atoms with Crippen molar-refractivity contribution in [2.45, 2.75) is 6.10 Å². The fourth-order valence-electron chi connectivity index (χ4n) is 3.34. The maximum Gasteiger partial charge on any atom is 0.337 e. The Morgan fingerprint density at radius 3 is 2.41 bits per heavy atom. The molecule has 194 valence electrons. The van der Waals surface area contributed by atoms with Gasteiger partial charge < -0.3 is 20.4 Å². The molecular formula is C26H17BCl2FN5O4. The normalized spacial score (nSPS) is 11.1. The molecule has 0 aliphatic rings. The summed E-state index contributed by atoms with van der Waals surface area (Å²) in [7, 11) is 1.32. The van der Waals surface area contributed by atoms with Gasteiger partial charge in [0.2, 0.25) is 0 Å². The minimum atomic E-state index is -1.23. The van der Waals surface area contributed by atoms with Crippen LogP contribution in [0.1, 0.15) is 38.1 Å². The van der Waals surface area contributed by atoms with Gasteiger partial charge in [0.05, 0.1) is 16.2 Å². The number of ketones is 1. The van der Waals surface area contributed by atoms with E-state index in [0.29, 0.717) is 16.8 Å². The Morgan fingerprint density at radius 1 is 1.03 bits per heavy atom. The third kappa shape index (κ3) is 6.44. The Hall–Kier alpha value is -4.66. The van der Waals surface area contributed by atoms with Crippen molar-refractivity contribution in [2.24, 2.45) is 0 Å². The number of nitrogens with zero attached hydrogens (tertiary/aromatic N) is 3. The lowest BCUT2D eigenvalue weighted by atomic mass is 10.0. The largest absolute Gasteiger partial charge is 0.525 e. The number of ether oxygens (including phenoxy) is 1. The molecular weight excluding hydrogens is 547 g/mol. The second kappa shape index (κ2) is 12.3. The number of anilines is 2. The zero-order chi connectivity index (χ0) is 27.9. The van der Waals surface area contributed by atoms with E-state index in [0.717, 1.165) is 6.07 Å². The first-order valence-electron chi connectivity index (χ1n) is 11.1. The average Bonchev–Trinajstić information content (AvgIpc) is 2.95. The monoisotopic (exact) mass is 563 g/mol. The fourth-order valence-corrected chi connectivity index (χ4v) is 3.91. The van der Waals surface area contributed by atoms with Gasteiger partial charge in [0.1, 0.15) is 5.82 Å². The third-order valence-corrected chi connectivity index (χ3v) is 5.96. The van der Waals surface area contributed by atoms with Gasteiger partial charge in [-0.05, 0) is 54.5 Å². The molecule has 1 amide bonds. The van der Waals surface area contributed by atoms with Crippen molar-refractivity contribution in [3.05, 3.63) is 105 Å². The van der Waals surface area contributed by atoms with Gasteiger partial charge in [0.25, 0.3) is 5.91 Å². The summed E-state index contributed by atoms with van der Waals surface area (Å²) in [5, 5.41) is 10.0. The zero-order valence-electron chi connectivity index (χ0n) is 20.1. The highest BCUT2D eigenvalue weighted by Gasteiger charge is 2.23. The topological polar surface area (TPSA) is 129 Å². The second-order valence-corrected chi connectivity index (χ2v) is 8.57. The molecule has 0 radical (unpaired) electrons. The van der Waals surface area contributed by atoms with Gasteiger partial charge in [-0.1, -0.05) is 23.2 Å².